The van der Waals surface area contributed by atoms with Crippen molar-refractivity contribution in [3.63, 3.8) is 0 Å². The topological polar surface area (TPSA) is 56.1 Å². The molecule has 0 aliphatic heterocycles. The van der Waals surface area contributed by atoms with Gasteiger partial charge in [-0.25, -0.2) is 4.98 Å². The summed E-state index contributed by atoms with van der Waals surface area (Å²) in [6.45, 7) is 0.636. The Morgan fingerprint density at radius 1 is 1.16 bits per heavy atom. The number of alkyl halides is 3. The molecule has 1 unspecified atom stereocenters. The van der Waals surface area contributed by atoms with Gasteiger partial charge in [0.25, 0.3) is 0 Å². The van der Waals surface area contributed by atoms with Gasteiger partial charge in [0.05, 0.1) is 30.8 Å². The number of benzene rings is 2. The zero-order chi connectivity index (χ0) is 22.4. The molecule has 1 N–H and O–H groups in total. The van der Waals surface area contributed by atoms with Crippen LogP contribution >= 0.6 is 11.8 Å². The van der Waals surface area contributed by atoms with Crippen LogP contribution in [0.3, 0.4) is 0 Å². The van der Waals surface area contributed by atoms with Gasteiger partial charge in [-0.1, -0.05) is 60.3 Å². The minimum Gasteiger partial charge on any atom is -0.496 e. The second-order valence-corrected chi connectivity index (χ2v) is 7.76. The molecule has 2 aromatic carbocycles. The molecule has 3 rings (SSSR count). The van der Waals surface area contributed by atoms with Crippen LogP contribution in [0.25, 0.3) is 11.3 Å². The highest BCUT2D eigenvalue weighted by Crippen LogP contribution is 2.30. The molecule has 0 saturated carbocycles. The molecule has 1 amide bonds. The van der Waals surface area contributed by atoms with Crippen LogP contribution in [0, 0.1) is 0 Å². The molecule has 0 spiro atoms. The van der Waals surface area contributed by atoms with Crippen LogP contribution in [0.1, 0.15) is 18.5 Å². The fraction of sp³-hybridized carbons (Fsp3) is 0.273. The first-order valence-corrected chi connectivity index (χ1v) is 10.5. The molecule has 164 valence electrons. The number of rotatable bonds is 8. The molecule has 0 aliphatic rings. The van der Waals surface area contributed by atoms with Crippen molar-refractivity contribution in [3.05, 3.63) is 66.4 Å². The molecule has 0 bridgehead atoms. The number of hydrogen-bond acceptors (Lipinski definition) is 4. The number of nitrogens with zero attached hydrogens (tertiary/aromatic N) is 2. The summed E-state index contributed by atoms with van der Waals surface area (Å²) in [6, 6.07) is 15.7. The van der Waals surface area contributed by atoms with Crippen molar-refractivity contribution in [2.45, 2.75) is 30.8 Å². The van der Waals surface area contributed by atoms with E-state index < -0.39 is 12.7 Å². The van der Waals surface area contributed by atoms with Gasteiger partial charge in [0.2, 0.25) is 5.91 Å². The van der Waals surface area contributed by atoms with Gasteiger partial charge < -0.3 is 14.6 Å². The third-order valence-corrected chi connectivity index (χ3v) is 5.53. The Morgan fingerprint density at radius 2 is 1.84 bits per heavy atom. The highest BCUT2D eigenvalue weighted by Gasteiger charge is 2.31. The number of methoxy groups -OCH3 is 1. The van der Waals surface area contributed by atoms with Crippen LogP contribution in [0.15, 0.2) is 66.0 Å². The van der Waals surface area contributed by atoms with E-state index in [1.54, 1.807) is 43.5 Å². The molecule has 0 fully saturated rings. The Labute approximate surface area is 182 Å². The van der Waals surface area contributed by atoms with Gasteiger partial charge in [-0.2, -0.15) is 13.2 Å². The maximum atomic E-state index is 13.2. The van der Waals surface area contributed by atoms with Gasteiger partial charge >= 0.3 is 6.18 Å². The summed E-state index contributed by atoms with van der Waals surface area (Å²) in [5.74, 6) is 0.269. The predicted molar refractivity (Wildman–Crippen MR) is 114 cm³/mol. The third-order valence-electron chi connectivity index (χ3n) is 4.54. The van der Waals surface area contributed by atoms with Crippen molar-refractivity contribution in [2.24, 2.45) is 0 Å². The van der Waals surface area contributed by atoms with Gasteiger partial charge in [0.1, 0.15) is 12.3 Å². The highest BCUT2D eigenvalue weighted by atomic mass is 32.2. The maximum absolute atomic E-state index is 13.2. The summed E-state index contributed by atoms with van der Waals surface area (Å²) >= 11 is 0.967. The molecule has 5 nitrogen and oxygen atoms in total. The summed E-state index contributed by atoms with van der Waals surface area (Å²) < 4.78 is 45.9. The lowest BCUT2D eigenvalue weighted by Gasteiger charge is -2.17. The smallest absolute Gasteiger partial charge is 0.406 e. The number of nitrogens with one attached hydrogen (secondary N) is 1. The van der Waals surface area contributed by atoms with Crippen molar-refractivity contribution in [1.82, 2.24) is 14.9 Å². The summed E-state index contributed by atoms with van der Waals surface area (Å²) in [7, 11) is 1.55. The highest BCUT2D eigenvalue weighted by molar-refractivity contribution is 7.99. The lowest BCUT2D eigenvalue weighted by molar-refractivity contribution is -0.141. The van der Waals surface area contributed by atoms with E-state index in [-0.39, 0.29) is 22.9 Å². The number of halogens is 3. The molecular weight excluding hydrogens is 427 g/mol. The SMILES string of the molecule is COc1ccccc1C(C)NC(=O)CSc1ncc(-c2ccccc2)n1CC(F)(F)F. The summed E-state index contributed by atoms with van der Waals surface area (Å²) in [4.78, 5) is 16.6. The van der Waals surface area contributed by atoms with Gasteiger partial charge in [0.15, 0.2) is 5.16 Å². The normalized spacial score (nSPS) is 12.4. The molecule has 1 aromatic heterocycles. The Hall–Kier alpha value is -2.94. The van der Waals surface area contributed by atoms with Crippen LogP contribution in [0.2, 0.25) is 0 Å². The number of carbonyl (C=O) groups excluding carboxylic acids is 1. The first kappa shape index (κ1) is 22.7. The van der Waals surface area contributed by atoms with Gasteiger partial charge in [-0.05, 0) is 18.6 Å². The maximum Gasteiger partial charge on any atom is 0.406 e. The Bertz CT molecular complexity index is 1020. The lowest BCUT2D eigenvalue weighted by atomic mass is 10.1. The van der Waals surface area contributed by atoms with Gasteiger partial charge in [0, 0.05) is 5.56 Å². The molecule has 31 heavy (non-hydrogen) atoms. The van der Waals surface area contributed by atoms with Crippen molar-refractivity contribution >= 4 is 17.7 Å². The Balaban J connectivity index is 1.72. The minimum atomic E-state index is -4.42. The molecular formula is C22H22F3N3O2S. The number of carbonyl (C=O) groups is 1. The molecule has 1 atom stereocenters. The van der Waals surface area contributed by atoms with Crippen LogP contribution in [-0.2, 0) is 11.3 Å². The van der Waals surface area contributed by atoms with Crippen molar-refractivity contribution in [3.8, 4) is 17.0 Å². The van der Waals surface area contributed by atoms with E-state index in [2.05, 4.69) is 10.3 Å². The predicted octanol–water partition coefficient (Wildman–Crippen LogP) is 5.09. The Kier molecular flexibility index (Phi) is 7.27. The zero-order valence-corrected chi connectivity index (χ0v) is 17.8. The van der Waals surface area contributed by atoms with Gasteiger partial charge in [-0.3, -0.25) is 4.79 Å². The lowest BCUT2D eigenvalue weighted by Crippen LogP contribution is -2.28. The van der Waals surface area contributed by atoms with Crippen molar-refractivity contribution in [1.29, 1.82) is 0 Å². The molecule has 0 saturated heterocycles. The van der Waals surface area contributed by atoms with Crippen LogP contribution in [0.5, 0.6) is 5.75 Å². The molecule has 0 radical (unpaired) electrons. The molecule has 0 aliphatic carbocycles. The number of ether oxygens (including phenoxy) is 1. The number of aromatic nitrogens is 2. The van der Waals surface area contributed by atoms with E-state index in [9.17, 15) is 18.0 Å². The average Bonchev–Trinajstić information content (AvgIpc) is 3.13. The first-order valence-electron chi connectivity index (χ1n) is 9.51. The zero-order valence-electron chi connectivity index (χ0n) is 17.0. The fourth-order valence-electron chi connectivity index (χ4n) is 3.16. The standard InChI is InChI=1S/C22H22F3N3O2S/c1-15(17-10-6-7-11-19(17)30-2)27-20(29)13-31-21-26-12-18(16-8-4-3-5-9-16)28(21)14-22(23,24)25/h3-12,15H,13-14H2,1-2H3,(H,27,29). The number of imidazole rings is 1. The number of thioether (sulfide) groups is 1. The third kappa shape index (κ3) is 6.04. The van der Waals surface area contributed by atoms with E-state index in [1.807, 2.05) is 25.1 Å². The van der Waals surface area contributed by atoms with Crippen LogP contribution in [0.4, 0.5) is 13.2 Å². The number of hydrogen-bond donors (Lipinski definition) is 1. The molecule has 9 heteroatoms. The largest absolute Gasteiger partial charge is 0.496 e. The van der Waals surface area contributed by atoms with E-state index in [0.717, 1.165) is 21.9 Å². The van der Waals surface area contributed by atoms with Crippen molar-refractivity contribution in [2.75, 3.05) is 12.9 Å². The summed E-state index contributed by atoms with van der Waals surface area (Å²) in [5, 5.41) is 2.98. The average molecular weight is 449 g/mol. The van der Waals surface area contributed by atoms with E-state index in [4.69, 9.17) is 4.74 Å². The second kappa shape index (κ2) is 9.91. The molecule has 3 aromatic rings. The fourth-order valence-corrected chi connectivity index (χ4v) is 3.95. The van der Waals surface area contributed by atoms with Gasteiger partial charge in [-0.15, -0.1) is 0 Å². The summed E-state index contributed by atoms with van der Waals surface area (Å²) in [5.41, 5.74) is 1.79. The second-order valence-electron chi connectivity index (χ2n) is 6.81. The number of para-hydroxylation sites is 1. The number of amides is 1. The quantitative estimate of drug-likeness (QED) is 0.487. The summed E-state index contributed by atoms with van der Waals surface area (Å²) in [6.07, 6.45) is -3.01. The van der Waals surface area contributed by atoms with E-state index >= 15 is 0 Å². The van der Waals surface area contributed by atoms with Crippen LogP contribution in [-0.4, -0.2) is 34.5 Å². The first-order chi connectivity index (χ1) is 14.8. The Morgan fingerprint density at radius 3 is 2.52 bits per heavy atom. The van der Waals surface area contributed by atoms with Crippen molar-refractivity contribution < 1.29 is 22.7 Å². The van der Waals surface area contributed by atoms with E-state index in [0.29, 0.717) is 17.0 Å². The minimum absolute atomic E-state index is 0.0669. The van der Waals surface area contributed by atoms with E-state index in [1.165, 1.54) is 6.20 Å². The monoisotopic (exact) mass is 449 g/mol. The molecule has 1 heterocycles. The van der Waals surface area contributed by atoms with Crippen LogP contribution < -0.4 is 10.1 Å².